The van der Waals surface area contributed by atoms with Crippen LogP contribution in [0.1, 0.15) is 113 Å². The third kappa shape index (κ3) is 18.3. The van der Waals surface area contributed by atoms with Crippen molar-refractivity contribution < 1.29 is 51.9 Å². The van der Waals surface area contributed by atoms with Crippen LogP contribution < -0.4 is 32.3 Å². The highest BCUT2D eigenvalue weighted by Gasteiger charge is 2.40. The number of aromatic nitrogens is 4. The summed E-state index contributed by atoms with van der Waals surface area (Å²) >= 11 is 0. The van der Waals surface area contributed by atoms with Crippen molar-refractivity contribution >= 4 is 53.3 Å². The maximum Gasteiger partial charge on any atom is 0.407 e. The molecular weight excluding hydrogens is 1050 g/mol. The van der Waals surface area contributed by atoms with Gasteiger partial charge >= 0.3 is 12.1 Å². The van der Waals surface area contributed by atoms with Gasteiger partial charge in [-0.3, -0.25) is 38.7 Å². The minimum absolute atomic E-state index is 0.0580. The number of rotatable bonds is 28. The lowest BCUT2D eigenvalue weighted by Gasteiger charge is -2.39. The molecule has 5 aromatic rings. The molecule has 2 aromatic heterocycles. The zero-order valence-electron chi connectivity index (χ0n) is 46.1. The lowest BCUT2D eigenvalue weighted by Crippen LogP contribution is -2.54. The summed E-state index contributed by atoms with van der Waals surface area (Å²) in [4.78, 5) is 115. The fourth-order valence-corrected chi connectivity index (χ4v) is 8.98. The normalized spacial score (nSPS) is 13.3. The number of benzene rings is 3. The number of imide groups is 1. The summed E-state index contributed by atoms with van der Waals surface area (Å²) < 4.78 is 36.9. The second-order valence-electron chi connectivity index (χ2n) is 20.9. The Morgan fingerprint density at radius 1 is 0.790 bits per heavy atom. The van der Waals surface area contributed by atoms with Gasteiger partial charge in [-0.15, -0.1) is 0 Å². The first kappa shape index (κ1) is 61.3. The van der Waals surface area contributed by atoms with Gasteiger partial charge in [-0.05, 0) is 97.0 Å². The molecule has 0 radical (unpaired) electrons. The van der Waals surface area contributed by atoms with E-state index < -0.39 is 59.1 Å². The Hall–Kier alpha value is -8.89. The minimum Gasteiger partial charge on any atom is -0.445 e. The number of hydrogen-bond donors (Lipinski definition) is 6. The molecule has 3 aromatic carbocycles. The maximum atomic E-state index is 15.3. The third-order valence-corrected chi connectivity index (χ3v) is 13.1. The highest BCUT2D eigenvalue weighted by atomic mass is 19.1. The number of nitrogens with one attached hydrogen (secondary N) is 5. The Labute approximate surface area is 468 Å². The molecule has 0 spiro atoms. The molecule has 3 heterocycles. The molecule has 0 unspecified atom stereocenters. The number of carbonyl (C=O) groups excluding carboxylic acids is 8. The van der Waals surface area contributed by atoms with Gasteiger partial charge in [0.2, 0.25) is 17.7 Å². The molecule has 0 saturated heterocycles. The number of nitrogens with zero attached hydrogens (tertiary/aromatic N) is 6. The van der Waals surface area contributed by atoms with Gasteiger partial charge in [0.1, 0.15) is 30.3 Å². The zero-order chi connectivity index (χ0) is 58.6. The summed E-state index contributed by atoms with van der Waals surface area (Å²) in [6.45, 7) is 9.91. The van der Waals surface area contributed by atoms with Gasteiger partial charge < -0.3 is 42.0 Å². The van der Waals surface area contributed by atoms with Crippen molar-refractivity contribution in [3.05, 3.63) is 144 Å². The minimum atomic E-state index is -1.09. The number of unbranched alkanes of at least 4 members (excludes halogenated alkanes) is 2. The first-order valence-corrected chi connectivity index (χ1v) is 26.8. The van der Waals surface area contributed by atoms with Crippen LogP contribution in [-0.4, -0.2) is 115 Å². The van der Waals surface area contributed by atoms with Crippen LogP contribution in [0.3, 0.4) is 0 Å². The SMILES string of the molecule is CC(C)[C@H](NC(=O)CCCCCN1C(=O)C=CC1=O)C(=O)N[C@@H](CCCNC(N)=O)C(=O)Nc1ccc(COC(=O)NCCCN(C(=O)c2cccnc2)[C@@H](c2nc(-c3cc(F)ccc3F)nn2Cc2ccccc2)C(C)(C)C)cc1. The average Bonchev–Trinajstić information content (AvgIpc) is 4.26. The summed E-state index contributed by atoms with van der Waals surface area (Å²) in [5.41, 5.74) is 6.45. The van der Waals surface area contributed by atoms with Crippen molar-refractivity contribution in [3.8, 4) is 11.4 Å². The van der Waals surface area contributed by atoms with Crippen LogP contribution in [0.2, 0.25) is 0 Å². The van der Waals surface area contributed by atoms with Crippen LogP contribution in [0, 0.1) is 23.0 Å². The van der Waals surface area contributed by atoms with Crippen molar-refractivity contribution in [1.82, 2.24) is 50.8 Å². The molecule has 6 rings (SSSR count). The maximum absolute atomic E-state index is 15.3. The molecule has 9 amide bonds. The highest BCUT2D eigenvalue weighted by molar-refractivity contribution is 6.12. The first-order chi connectivity index (χ1) is 38.7. The largest absolute Gasteiger partial charge is 0.445 e. The topological polar surface area (TPSA) is 282 Å². The smallest absolute Gasteiger partial charge is 0.407 e. The number of anilines is 1. The van der Waals surface area contributed by atoms with E-state index in [1.54, 1.807) is 66.0 Å². The number of ether oxygens (including phenoxy) is 1. The fourth-order valence-electron chi connectivity index (χ4n) is 8.98. The monoisotopic (exact) mass is 1120 g/mol. The summed E-state index contributed by atoms with van der Waals surface area (Å²) in [6.07, 6.45) is 6.94. The molecule has 23 heteroatoms. The van der Waals surface area contributed by atoms with E-state index in [9.17, 15) is 42.7 Å². The predicted molar refractivity (Wildman–Crippen MR) is 296 cm³/mol. The lowest BCUT2D eigenvalue weighted by atomic mass is 9.84. The molecule has 1 aliphatic rings. The second-order valence-corrected chi connectivity index (χ2v) is 20.9. The average molecular weight is 1120 g/mol. The zero-order valence-corrected chi connectivity index (χ0v) is 46.1. The first-order valence-electron chi connectivity index (χ1n) is 26.8. The number of alkyl carbamates (subject to hydrolysis) is 1. The molecule has 7 N–H and O–H groups in total. The van der Waals surface area contributed by atoms with Crippen LogP contribution in [-0.2, 0) is 41.9 Å². The van der Waals surface area contributed by atoms with Gasteiger partial charge in [0.15, 0.2) is 11.6 Å². The number of amides is 9. The Bertz CT molecular complexity index is 3010. The van der Waals surface area contributed by atoms with E-state index in [-0.39, 0.29) is 106 Å². The molecule has 1 aliphatic heterocycles. The number of carbonyl (C=O) groups is 8. The molecule has 3 atom stereocenters. The number of pyridine rings is 1. The Morgan fingerprint density at radius 3 is 2.17 bits per heavy atom. The van der Waals surface area contributed by atoms with Crippen LogP contribution in [0.25, 0.3) is 11.4 Å². The van der Waals surface area contributed by atoms with Crippen LogP contribution in [0.5, 0.6) is 0 Å². The summed E-state index contributed by atoms with van der Waals surface area (Å²) in [7, 11) is 0. The molecule has 81 heavy (non-hydrogen) atoms. The van der Waals surface area contributed by atoms with Crippen molar-refractivity contribution in [2.45, 2.75) is 111 Å². The Morgan fingerprint density at radius 2 is 1.51 bits per heavy atom. The molecule has 0 fully saturated rings. The van der Waals surface area contributed by atoms with Crippen molar-refractivity contribution in [3.63, 3.8) is 0 Å². The predicted octanol–water partition coefficient (Wildman–Crippen LogP) is 6.71. The molecular formula is C58H70F2N12O9. The Balaban J connectivity index is 1.05. The van der Waals surface area contributed by atoms with Gasteiger partial charge in [0.25, 0.3) is 17.7 Å². The van der Waals surface area contributed by atoms with Crippen LogP contribution >= 0.6 is 0 Å². The van der Waals surface area contributed by atoms with E-state index in [0.29, 0.717) is 41.9 Å². The summed E-state index contributed by atoms with van der Waals surface area (Å²) in [5.74, 6) is -4.15. The van der Waals surface area contributed by atoms with Crippen molar-refractivity contribution in [2.75, 3.05) is 31.5 Å². The second kappa shape index (κ2) is 29.4. The number of hydrogen-bond acceptors (Lipinski definition) is 12. The number of nitrogens with two attached hydrogens (primary N) is 1. The molecule has 0 bridgehead atoms. The van der Waals surface area contributed by atoms with Crippen molar-refractivity contribution in [2.24, 2.45) is 17.1 Å². The quantitative estimate of drug-likeness (QED) is 0.0225. The van der Waals surface area contributed by atoms with Crippen molar-refractivity contribution in [1.29, 1.82) is 0 Å². The highest BCUT2D eigenvalue weighted by Crippen LogP contribution is 2.39. The molecule has 430 valence electrons. The number of primary amides is 1. The Kier molecular flexibility index (Phi) is 22.2. The van der Waals surface area contributed by atoms with Gasteiger partial charge in [0.05, 0.1) is 23.7 Å². The van der Waals surface area contributed by atoms with Crippen LogP contribution in [0.15, 0.2) is 109 Å². The fraction of sp³-hybridized carbons (Fsp3) is 0.397. The number of halogens is 2. The molecule has 0 aliphatic carbocycles. The standard InChI is InChI=1S/C58H70F2N12O9/c1-37(2)49(67-46(73)19-10-7-11-31-70-47(74)26-27-48(70)75)54(77)66-45(18-13-29-63-56(61)79)53(76)65-42-23-20-39(21-24-42)36-81-57(80)64-30-14-32-71(55(78)40-17-12-28-62-34-40)50(58(3,4)5)52-68-51(43-33-41(59)22-25-44(43)60)69-72(52)35-38-15-8-6-9-16-38/h6,8-9,12,15-17,20-28,33-34,37,45,49-50H,7,10-11,13-14,18-19,29-32,35-36H2,1-5H3,(H,64,80)(H,65,76)(H,66,77)(H,67,73)(H3,61,63,79)/t45-,49-,50-/m0/s1. The van der Waals surface area contributed by atoms with E-state index in [1.807, 2.05) is 51.1 Å². The number of urea groups is 1. The van der Waals surface area contributed by atoms with E-state index in [4.69, 9.17) is 15.5 Å². The van der Waals surface area contributed by atoms with Gasteiger partial charge in [-0.25, -0.2) is 28.0 Å². The lowest BCUT2D eigenvalue weighted by molar-refractivity contribution is -0.137. The van der Waals surface area contributed by atoms with E-state index in [1.165, 1.54) is 18.3 Å². The van der Waals surface area contributed by atoms with Gasteiger partial charge in [-0.1, -0.05) is 83.5 Å². The van der Waals surface area contributed by atoms with E-state index in [0.717, 1.165) is 28.7 Å². The van der Waals surface area contributed by atoms with E-state index >= 15 is 4.39 Å². The van der Waals surface area contributed by atoms with E-state index in [2.05, 4.69) is 36.7 Å². The van der Waals surface area contributed by atoms with Crippen LogP contribution in [0.4, 0.5) is 24.1 Å². The summed E-state index contributed by atoms with van der Waals surface area (Å²) in [6, 6.07) is 18.6. The molecule has 0 saturated carbocycles. The summed E-state index contributed by atoms with van der Waals surface area (Å²) in [5, 5.41) is 18.2. The van der Waals surface area contributed by atoms with Gasteiger partial charge in [-0.2, -0.15) is 5.10 Å². The third-order valence-electron chi connectivity index (χ3n) is 13.1. The molecule has 21 nitrogen and oxygen atoms in total. The van der Waals surface area contributed by atoms with Gasteiger partial charge in [0, 0.05) is 62.8 Å².